The summed E-state index contributed by atoms with van der Waals surface area (Å²) in [6.45, 7) is 3.74. The first kappa shape index (κ1) is 13.7. The van der Waals surface area contributed by atoms with Crippen LogP contribution >= 0.6 is 11.7 Å². The van der Waals surface area contributed by atoms with Crippen LogP contribution in [0, 0.1) is 13.8 Å². The van der Waals surface area contributed by atoms with E-state index in [1.165, 1.54) is 0 Å². The van der Waals surface area contributed by atoms with E-state index in [4.69, 9.17) is 4.52 Å². The third kappa shape index (κ3) is 2.78. The fraction of sp³-hybridized carbons (Fsp3) is 0.286. The van der Waals surface area contributed by atoms with Gasteiger partial charge in [-0.2, -0.15) is 8.75 Å². The Morgan fingerprint density at radius 1 is 1.33 bits per heavy atom. The Kier molecular flexibility index (Phi) is 3.66. The second kappa shape index (κ2) is 5.61. The van der Waals surface area contributed by atoms with Crippen molar-refractivity contribution >= 4 is 34.4 Å². The van der Waals surface area contributed by atoms with Gasteiger partial charge >= 0.3 is 0 Å². The van der Waals surface area contributed by atoms with Crippen molar-refractivity contribution in [3.8, 4) is 0 Å². The van der Waals surface area contributed by atoms with Crippen LogP contribution in [0.1, 0.15) is 23.4 Å². The van der Waals surface area contributed by atoms with E-state index in [0.29, 0.717) is 18.5 Å². The molecule has 0 atom stereocenters. The van der Waals surface area contributed by atoms with Crippen LogP contribution in [0.15, 0.2) is 22.7 Å². The molecule has 0 fully saturated rings. The lowest BCUT2D eigenvalue weighted by molar-refractivity contribution is -0.116. The topological polar surface area (TPSA) is 80.9 Å². The van der Waals surface area contributed by atoms with Gasteiger partial charge in [-0.05, 0) is 32.4 Å². The largest absolute Gasteiger partial charge is 0.361 e. The van der Waals surface area contributed by atoms with Crippen LogP contribution in [0.2, 0.25) is 0 Å². The van der Waals surface area contributed by atoms with Crippen molar-refractivity contribution in [2.24, 2.45) is 0 Å². The van der Waals surface area contributed by atoms with E-state index in [2.05, 4.69) is 19.2 Å². The molecule has 0 radical (unpaired) electrons. The lowest BCUT2D eigenvalue weighted by atomic mass is 10.1. The molecule has 2 heterocycles. The molecule has 1 N–H and O–H groups in total. The molecule has 1 aromatic carbocycles. The molecule has 0 unspecified atom stereocenters. The normalized spacial score (nSPS) is 11.0. The number of carbonyl (C=O) groups is 1. The van der Waals surface area contributed by atoms with E-state index in [9.17, 15) is 4.79 Å². The van der Waals surface area contributed by atoms with Gasteiger partial charge in [0.25, 0.3) is 0 Å². The molecule has 2 aromatic heterocycles. The molecule has 1 amide bonds. The van der Waals surface area contributed by atoms with E-state index >= 15 is 0 Å². The lowest BCUT2D eigenvalue weighted by Crippen LogP contribution is -2.13. The van der Waals surface area contributed by atoms with Crippen LogP contribution in [-0.4, -0.2) is 19.8 Å². The highest BCUT2D eigenvalue weighted by molar-refractivity contribution is 7.00. The van der Waals surface area contributed by atoms with Crippen LogP contribution < -0.4 is 5.32 Å². The van der Waals surface area contributed by atoms with Crippen LogP contribution in [0.3, 0.4) is 0 Å². The lowest BCUT2D eigenvalue weighted by Gasteiger charge is -2.05. The molecule has 0 aliphatic carbocycles. The zero-order valence-corrected chi connectivity index (χ0v) is 12.5. The Labute approximate surface area is 125 Å². The smallest absolute Gasteiger partial charge is 0.224 e. The number of nitrogens with one attached hydrogen (secondary N) is 1. The minimum Gasteiger partial charge on any atom is -0.361 e. The molecule has 6 nitrogen and oxygen atoms in total. The number of benzene rings is 1. The van der Waals surface area contributed by atoms with Gasteiger partial charge in [0.15, 0.2) is 0 Å². The number of hydrogen-bond acceptors (Lipinski definition) is 6. The first-order chi connectivity index (χ1) is 10.1. The van der Waals surface area contributed by atoms with Crippen molar-refractivity contribution < 1.29 is 9.32 Å². The molecule has 108 valence electrons. The van der Waals surface area contributed by atoms with Crippen LogP contribution in [0.25, 0.3) is 11.0 Å². The number of hydrogen-bond donors (Lipinski definition) is 1. The summed E-state index contributed by atoms with van der Waals surface area (Å²) in [5.41, 5.74) is 4.06. The first-order valence-corrected chi connectivity index (χ1v) is 7.31. The van der Waals surface area contributed by atoms with Gasteiger partial charge in [0.1, 0.15) is 16.8 Å². The third-order valence-electron chi connectivity index (χ3n) is 3.34. The van der Waals surface area contributed by atoms with Crippen molar-refractivity contribution in [1.82, 2.24) is 13.9 Å². The fourth-order valence-corrected chi connectivity index (χ4v) is 2.77. The molecule has 7 heteroatoms. The van der Waals surface area contributed by atoms with Gasteiger partial charge in [-0.25, -0.2) is 0 Å². The maximum absolute atomic E-state index is 12.1. The van der Waals surface area contributed by atoms with Gasteiger partial charge in [-0.3, -0.25) is 4.79 Å². The van der Waals surface area contributed by atoms with Crippen molar-refractivity contribution in [2.45, 2.75) is 26.7 Å². The van der Waals surface area contributed by atoms with E-state index in [1.807, 2.05) is 32.0 Å². The quantitative estimate of drug-likeness (QED) is 0.801. The van der Waals surface area contributed by atoms with Gasteiger partial charge in [0.05, 0.1) is 23.1 Å². The minimum absolute atomic E-state index is 0.0597. The molecule has 3 aromatic rings. The fourth-order valence-electron chi connectivity index (χ4n) is 2.22. The molecule has 21 heavy (non-hydrogen) atoms. The third-order valence-corrected chi connectivity index (χ3v) is 3.89. The summed E-state index contributed by atoms with van der Waals surface area (Å²) in [7, 11) is 0. The number of nitrogens with zero attached hydrogens (tertiary/aromatic N) is 3. The van der Waals surface area contributed by atoms with Crippen LogP contribution in [0.5, 0.6) is 0 Å². The van der Waals surface area contributed by atoms with Crippen molar-refractivity contribution in [3.63, 3.8) is 0 Å². The molecule has 0 saturated heterocycles. The van der Waals surface area contributed by atoms with Gasteiger partial charge < -0.3 is 9.84 Å². The highest BCUT2D eigenvalue weighted by atomic mass is 32.1. The van der Waals surface area contributed by atoms with Gasteiger partial charge in [-0.15, -0.1) is 0 Å². The predicted molar refractivity (Wildman–Crippen MR) is 80.3 cm³/mol. The molecule has 0 saturated carbocycles. The number of aromatic nitrogens is 3. The molecular weight excluding hydrogens is 288 g/mol. The summed E-state index contributed by atoms with van der Waals surface area (Å²) in [5, 5.41) is 6.78. The zero-order chi connectivity index (χ0) is 14.8. The Morgan fingerprint density at radius 2 is 2.19 bits per heavy atom. The number of amides is 1. The van der Waals surface area contributed by atoms with Gasteiger partial charge in [-0.1, -0.05) is 11.2 Å². The summed E-state index contributed by atoms with van der Waals surface area (Å²) < 4.78 is 13.5. The molecule has 3 rings (SSSR count). The predicted octanol–water partition coefficient (Wildman–Crippen LogP) is 2.87. The first-order valence-electron chi connectivity index (χ1n) is 6.58. The average molecular weight is 302 g/mol. The highest BCUT2D eigenvalue weighted by Crippen LogP contribution is 2.21. The number of rotatable bonds is 4. The van der Waals surface area contributed by atoms with Crippen molar-refractivity contribution in [1.29, 1.82) is 0 Å². The molecule has 0 aliphatic heterocycles. The number of fused-ring (bicyclic) bond motifs is 1. The maximum atomic E-state index is 12.1. The Balaban J connectivity index is 1.68. The second-order valence-electron chi connectivity index (χ2n) is 4.79. The SMILES string of the molecule is Cc1noc(C)c1CCC(=O)Nc1cccc2nsnc12. The molecule has 0 spiro atoms. The van der Waals surface area contributed by atoms with E-state index in [1.54, 1.807) is 0 Å². The number of carbonyl (C=O) groups excluding carboxylic acids is 1. The highest BCUT2D eigenvalue weighted by Gasteiger charge is 2.12. The van der Waals surface area contributed by atoms with E-state index in [0.717, 1.165) is 39.8 Å². The zero-order valence-electron chi connectivity index (χ0n) is 11.7. The summed E-state index contributed by atoms with van der Waals surface area (Å²) in [5.74, 6) is 0.710. The monoisotopic (exact) mass is 302 g/mol. The maximum Gasteiger partial charge on any atom is 0.224 e. The van der Waals surface area contributed by atoms with Gasteiger partial charge in [0, 0.05) is 12.0 Å². The second-order valence-corrected chi connectivity index (χ2v) is 5.32. The van der Waals surface area contributed by atoms with Gasteiger partial charge in [0.2, 0.25) is 5.91 Å². The van der Waals surface area contributed by atoms with Crippen molar-refractivity contribution in [2.75, 3.05) is 5.32 Å². The van der Waals surface area contributed by atoms with Crippen molar-refractivity contribution in [3.05, 3.63) is 35.2 Å². The molecule has 0 bridgehead atoms. The summed E-state index contributed by atoms with van der Waals surface area (Å²) >= 11 is 1.14. The minimum atomic E-state index is -0.0597. The summed E-state index contributed by atoms with van der Waals surface area (Å²) in [6, 6.07) is 5.56. The number of aryl methyl sites for hydroxylation is 2. The summed E-state index contributed by atoms with van der Waals surface area (Å²) in [6.07, 6.45) is 0.981. The molecular formula is C14H14N4O2S. The summed E-state index contributed by atoms with van der Waals surface area (Å²) in [4.78, 5) is 12.1. The van der Waals surface area contributed by atoms with Crippen LogP contribution in [-0.2, 0) is 11.2 Å². The Morgan fingerprint density at radius 3 is 2.95 bits per heavy atom. The van der Waals surface area contributed by atoms with E-state index in [-0.39, 0.29) is 5.91 Å². The molecule has 0 aliphatic rings. The Bertz CT molecular complexity index is 774. The van der Waals surface area contributed by atoms with E-state index < -0.39 is 0 Å². The average Bonchev–Trinajstić information content (AvgIpc) is 3.05. The Hall–Kier alpha value is -2.28. The van der Waals surface area contributed by atoms with Crippen LogP contribution in [0.4, 0.5) is 5.69 Å². The standard InChI is InChI=1S/C14H14N4O2S/c1-8-10(9(2)20-16-8)6-7-13(19)15-11-4-3-5-12-14(11)18-21-17-12/h3-5H,6-7H2,1-2H3,(H,15,19). The number of anilines is 1.